The minimum absolute atomic E-state index is 0.215. The Morgan fingerprint density at radius 2 is 2.03 bits per heavy atom. The number of rotatable bonds is 8. The van der Waals surface area contributed by atoms with Crippen LogP contribution in [-0.4, -0.2) is 54.7 Å². The molecule has 0 unspecified atom stereocenters. The van der Waals surface area contributed by atoms with Crippen LogP contribution in [0.25, 0.3) is 22.3 Å². The smallest absolute Gasteiger partial charge is 0.269 e. The van der Waals surface area contributed by atoms with Crippen LogP contribution >= 0.6 is 11.8 Å². The van der Waals surface area contributed by atoms with Gasteiger partial charge in [0.25, 0.3) is 5.91 Å². The zero-order valence-electron chi connectivity index (χ0n) is 17.6. The van der Waals surface area contributed by atoms with Crippen molar-refractivity contribution in [3.63, 3.8) is 0 Å². The summed E-state index contributed by atoms with van der Waals surface area (Å²) in [5.74, 6) is 0.554. The topological polar surface area (TPSA) is 113 Å². The normalized spacial score (nSPS) is 11.2. The van der Waals surface area contributed by atoms with Crippen molar-refractivity contribution in [1.82, 2.24) is 35.3 Å². The molecule has 4 aromatic rings. The molecule has 0 fully saturated rings. The van der Waals surface area contributed by atoms with Gasteiger partial charge in [0.1, 0.15) is 11.5 Å². The van der Waals surface area contributed by atoms with Crippen molar-refractivity contribution in [1.29, 1.82) is 0 Å². The predicted molar refractivity (Wildman–Crippen MR) is 122 cm³/mol. The zero-order valence-corrected chi connectivity index (χ0v) is 18.4. The summed E-state index contributed by atoms with van der Waals surface area (Å²) in [6.45, 7) is 5.01. The number of hydrogen-bond donors (Lipinski definition) is 3. The Bertz CT molecular complexity index is 1180. The first kappa shape index (κ1) is 20.9. The molecule has 0 saturated heterocycles. The number of carbonyl (C=O) groups is 1. The Labute approximate surface area is 184 Å². The van der Waals surface area contributed by atoms with Crippen molar-refractivity contribution in [3.05, 3.63) is 48.3 Å². The van der Waals surface area contributed by atoms with Gasteiger partial charge in [0.05, 0.1) is 23.8 Å². The second kappa shape index (κ2) is 9.17. The molecule has 0 aliphatic heterocycles. The minimum atomic E-state index is -0.215. The summed E-state index contributed by atoms with van der Waals surface area (Å²) in [6, 6.07) is 11.7. The minimum Gasteiger partial charge on any atom is -0.367 e. The summed E-state index contributed by atoms with van der Waals surface area (Å²) in [5, 5.41) is 19.3. The number of nitrogens with one attached hydrogen (secondary N) is 3. The fourth-order valence-electron chi connectivity index (χ4n) is 3.14. The summed E-state index contributed by atoms with van der Waals surface area (Å²) >= 11 is 1.48. The van der Waals surface area contributed by atoms with Gasteiger partial charge < -0.3 is 10.6 Å². The Hall–Kier alpha value is -3.40. The van der Waals surface area contributed by atoms with E-state index in [4.69, 9.17) is 0 Å². The molecule has 1 aromatic carbocycles. The number of carbonyl (C=O) groups excluding carboxylic acids is 1. The van der Waals surface area contributed by atoms with Crippen LogP contribution in [0.2, 0.25) is 0 Å². The number of fused-ring (bicyclic) bond motifs is 1. The molecule has 160 valence electrons. The number of aromatic nitrogens is 6. The molecule has 3 heterocycles. The van der Waals surface area contributed by atoms with Gasteiger partial charge in [-0.25, -0.2) is 14.6 Å². The van der Waals surface area contributed by atoms with Gasteiger partial charge >= 0.3 is 0 Å². The van der Waals surface area contributed by atoms with Gasteiger partial charge in [-0.05, 0) is 26.2 Å². The number of hydrogen-bond acceptors (Lipinski definition) is 7. The molecular weight excluding hydrogens is 412 g/mol. The number of amides is 1. The summed E-state index contributed by atoms with van der Waals surface area (Å²) in [4.78, 5) is 21.7. The average Bonchev–Trinajstić information content (AvgIpc) is 3.42. The third-order valence-electron chi connectivity index (χ3n) is 4.58. The van der Waals surface area contributed by atoms with Crippen LogP contribution in [0.4, 0.5) is 5.82 Å². The van der Waals surface area contributed by atoms with Crippen molar-refractivity contribution < 1.29 is 4.79 Å². The number of anilines is 1. The van der Waals surface area contributed by atoms with Crippen molar-refractivity contribution in [2.75, 3.05) is 18.1 Å². The van der Waals surface area contributed by atoms with E-state index in [1.807, 2.05) is 36.6 Å². The molecule has 3 aromatic heterocycles. The van der Waals surface area contributed by atoms with Crippen molar-refractivity contribution in [2.45, 2.75) is 31.6 Å². The van der Waals surface area contributed by atoms with Crippen LogP contribution in [0.1, 0.15) is 24.3 Å². The highest BCUT2D eigenvalue weighted by atomic mass is 32.2. The molecule has 3 N–H and O–H groups in total. The van der Waals surface area contributed by atoms with E-state index in [0.29, 0.717) is 23.9 Å². The SMILES string of the molecule is CSc1nc(NC(C)C)c2cnn(CCNC(=O)c3cc(-c4ccccc4)n[nH]3)c2n1. The molecule has 1 amide bonds. The van der Waals surface area contributed by atoms with Crippen molar-refractivity contribution in [3.8, 4) is 11.3 Å². The maximum atomic E-state index is 12.5. The first-order chi connectivity index (χ1) is 15.0. The van der Waals surface area contributed by atoms with Gasteiger partial charge in [0.15, 0.2) is 10.8 Å². The molecule has 0 radical (unpaired) electrons. The van der Waals surface area contributed by atoms with Crippen LogP contribution in [0.5, 0.6) is 0 Å². The summed E-state index contributed by atoms with van der Waals surface area (Å²) in [6.07, 6.45) is 3.70. The van der Waals surface area contributed by atoms with E-state index in [2.05, 4.69) is 49.7 Å². The van der Waals surface area contributed by atoms with Crippen LogP contribution in [-0.2, 0) is 6.54 Å². The number of nitrogens with zero attached hydrogens (tertiary/aromatic N) is 5. The molecule has 0 atom stereocenters. The van der Waals surface area contributed by atoms with E-state index in [1.54, 1.807) is 16.9 Å². The average molecular weight is 437 g/mol. The van der Waals surface area contributed by atoms with Gasteiger partial charge in [0, 0.05) is 18.2 Å². The monoisotopic (exact) mass is 436 g/mol. The van der Waals surface area contributed by atoms with Crippen molar-refractivity contribution >= 4 is 34.5 Å². The summed E-state index contributed by atoms with van der Waals surface area (Å²) < 4.78 is 1.78. The van der Waals surface area contributed by atoms with Gasteiger partial charge in [-0.2, -0.15) is 10.2 Å². The maximum absolute atomic E-state index is 12.5. The second-order valence-corrected chi connectivity index (χ2v) is 8.03. The highest BCUT2D eigenvalue weighted by molar-refractivity contribution is 7.98. The standard InChI is InChI=1S/C21H24N8OS/c1-13(2)24-18-15-12-23-29(19(15)26-21(25-18)31-3)10-9-22-20(30)17-11-16(27-28-17)14-7-5-4-6-8-14/h4-8,11-13H,9-10H2,1-3H3,(H,22,30)(H,27,28)(H,24,25,26). The number of benzene rings is 1. The quantitative estimate of drug-likeness (QED) is 0.287. The van der Waals surface area contributed by atoms with Crippen molar-refractivity contribution in [2.24, 2.45) is 0 Å². The second-order valence-electron chi connectivity index (χ2n) is 7.25. The fourth-order valence-corrected chi connectivity index (χ4v) is 3.50. The van der Waals surface area contributed by atoms with E-state index in [0.717, 1.165) is 28.1 Å². The zero-order chi connectivity index (χ0) is 21.8. The Morgan fingerprint density at radius 1 is 1.23 bits per heavy atom. The predicted octanol–water partition coefficient (Wildman–Crippen LogP) is 3.19. The Morgan fingerprint density at radius 3 is 2.77 bits per heavy atom. The van der Waals surface area contributed by atoms with Crippen LogP contribution in [0, 0.1) is 0 Å². The molecule has 31 heavy (non-hydrogen) atoms. The summed E-state index contributed by atoms with van der Waals surface area (Å²) in [7, 11) is 0. The molecule has 0 spiro atoms. The molecule has 0 aliphatic rings. The third-order valence-corrected chi connectivity index (χ3v) is 5.13. The van der Waals surface area contributed by atoms with E-state index < -0.39 is 0 Å². The van der Waals surface area contributed by atoms with Gasteiger partial charge in [-0.3, -0.25) is 9.89 Å². The van der Waals surface area contributed by atoms with E-state index in [9.17, 15) is 4.79 Å². The molecule has 0 aliphatic carbocycles. The Balaban J connectivity index is 1.44. The molecular formula is C21H24N8OS. The molecule has 4 rings (SSSR count). The lowest BCUT2D eigenvalue weighted by Gasteiger charge is -2.11. The van der Waals surface area contributed by atoms with Gasteiger partial charge in [-0.15, -0.1) is 0 Å². The molecule has 9 nitrogen and oxygen atoms in total. The number of H-pyrrole nitrogens is 1. The molecule has 0 bridgehead atoms. The van der Waals surface area contributed by atoms with Gasteiger partial charge in [-0.1, -0.05) is 42.1 Å². The number of aromatic amines is 1. The molecule has 0 saturated carbocycles. The lowest BCUT2D eigenvalue weighted by Crippen LogP contribution is -2.27. The highest BCUT2D eigenvalue weighted by Crippen LogP contribution is 2.24. The van der Waals surface area contributed by atoms with Gasteiger partial charge in [0.2, 0.25) is 0 Å². The largest absolute Gasteiger partial charge is 0.367 e. The maximum Gasteiger partial charge on any atom is 0.269 e. The van der Waals surface area contributed by atoms with Crippen LogP contribution in [0.3, 0.4) is 0 Å². The van der Waals surface area contributed by atoms with E-state index in [-0.39, 0.29) is 11.9 Å². The van der Waals surface area contributed by atoms with Crippen LogP contribution < -0.4 is 10.6 Å². The van der Waals surface area contributed by atoms with Crippen LogP contribution in [0.15, 0.2) is 47.8 Å². The Kier molecular flexibility index (Phi) is 6.17. The molecule has 10 heteroatoms. The first-order valence-electron chi connectivity index (χ1n) is 9.98. The third kappa shape index (κ3) is 4.69. The highest BCUT2D eigenvalue weighted by Gasteiger charge is 2.14. The fraction of sp³-hybridized carbons (Fsp3) is 0.286. The lowest BCUT2D eigenvalue weighted by atomic mass is 10.1. The van der Waals surface area contributed by atoms with E-state index >= 15 is 0 Å². The van der Waals surface area contributed by atoms with E-state index in [1.165, 1.54) is 11.8 Å². The first-order valence-corrected chi connectivity index (χ1v) is 11.2. The summed E-state index contributed by atoms with van der Waals surface area (Å²) in [5.41, 5.74) is 2.84. The number of thioether (sulfide) groups is 1. The lowest BCUT2D eigenvalue weighted by molar-refractivity contribution is 0.0947.